The van der Waals surface area contributed by atoms with Crippen LogP contribution in [0.15, 0.2) is 47.8 Å². The van der Waals surface area contributed by atoms with Crippen molar-refractivity contribution in [1.29, 1.82) is 0 Å². The molecule has 3 aromatic rings. The van der Waals surface area contributed by atoms with Gasteiger partial charge in [-0.05, 0) is 34.5 Å². The van der Waals surface area contributed by atoms with Gasteiger partial charge in [-0.2, -0.15) is 0 Å². The summed E-state index contributed by atoms with van der Waals surface area (Å²) in [5.74, 6) is 3.85. The Morgan fingerprint density at radius 3 is 2.26 bits per heavy atom. The zero-order chi connectivity index (χ0) is 24.9. The van der Waals surface area contributed by atoms with E-state index in [-0.39, 0.29) is 12.3 Å². The summed E-state index contributed by atoms with van der Waals surface area (Å²) in [7, 11) is -1.93. The fourth-order valence-corrected chi connectivity index (χ4v) is 10.4. The van der Waals surface area contributed by atoms with Gasteiger partial charge in [-0.15, -0.1) is 5.54 Å². The van der Waals surface area contributed by atoms with E-state index < -0.39 is 8.07 Å². The van der Waals surface area contributed by atoms with E-state index in [0.717, 1.165) is 16.5 Å². The smallest absolute Gasteiger partial charge is 0.229 e. The summed E-state index contributed by atoms with van der Waals surface area (Å²) >= 11 is 1.46. The van der Waals surface area contributed by atoms with Crippen LogP contribution >= 0.6 is 11.8 Å². The minimum atomic E-state index is -1.93. The molecule has 1 aromatic carbocycles. The number of aromatic nitrogens is 3. The van der Waals surface area contributed by atoms with Crippen LogP contribution < -0.4 is 5.32 Å². The van der Waals surface area contributed by atoms with E-state index in [1.807, 2.05) is 42.7 Å². The van der Waals surface area contributed by atoms with Crippen LogP contribution in [-0.2, 0) is 11.2 Å². The first-order valence-electron chi connectivity index (χ1n) is 11.8. The summed E-state index contributed by atoms with van der Waals surface area (Å²) in [4.78, 5) is 26.4. The van der Waals surface area contributed by atoms with Crippen LogP contribution in [0.3, 0.4) is 0 Å². The van der Waals surface area contributed by atoms with Crippen LogP contribution in [0.1, 0.15) is 52.7 Å². The van der Waals surface area contributed by atoms with Gasteiger partial charge >= 0.3 is 0 Å². The summed E-state index contributed by atoms with van der Waals surface area (Å²) < 4.78 is 0. The number of pyridine rings is 1. The lowest BCUT2D eigenvalue weighted by atomic mass is 10.1. The van der Waals surface area contributed by atoms with Gasteiger partial charge < -0.3 is 5.32 Å². The first-order chi connectivity index (χ1) is 16.2. The molecule has 0 aliphatic carbocycles. The second-order valence-electron chi connectivity index (χ2n) is 9.51. The van der Waals surface area contributed by atoms with Crippen molar-refractivity contribution in [2.75, 3.05) is 11.6 Å². The molecule has 7 heteroatoms. The quantitative estimate of drug-likeness (QED) is 0.177. The van der Waals surface area contributed by atoms with Gasteiger partial charge in [-0.1, -0.05) is 89.6 Å². The van der Waals surface area contributed by atoms with Crippen LogP contribution in [0.2, 0.25) is 16.6 Å². The minimum Gasteiger partial charge on any atom is -0.310 e. The highest BCUT2D eigenvalue weighted by Crippen LogP contribution is 2.41. The predicted octanol–water partition coefficient (Wildman–Crippen LogP) is 6.50. The van der Waals surface area contributed by atoms with Crippen LogP contribution in [-0.4, -0.2) is 35.2 Å². The monoisotopic (exact) mass is 490 g/mol. The van der Waals surface area contributed by atoms with Crippen molar-refractivity contribution in [2.45, 2.75) is 69.7 Å². The lowest BCUT2D eigenvalue weighted by Crippen LogP contribution is -2.43. The van der Waals surface area contributed by atoms with Gasteiger partial charge in [0.25, 0.3) is 0 Å². The van der Waals surface area contributed by atoms with E-state index >= 15 is 0 Å². The first kappa shape index (κ1) is 25.9. The van der Waals surface area contributed by atoms with Crippen molar-refractivity contribution in [3.63, 3.8) is 0 Å². The molecule has 178 valence electrons. The summed E-state index contributed by atoms with van der Waals surface area (Å²) in [6.45, 7) is 13.8. The molecule has 0 fully saturated rings. The molecule has 5 nitrogen and oxygen atoms in total. The molecule has 0 saturated heterocycles. The minimum absolute atomic E-state index is 0.119. The predicted molar refractivity (Wildman–Crippen MR) is 146 cm³/mol. The SMILES string of the molecule is CSc1ncc2c(C#C[Si](C(C)C)(C(C)C)C(C)C)cc(NC(=O)Cc3ccccc3)nc2n1. The highest BCUT2D eigenvalue weighted by molar-refractivity contribution is 7.98. The number of thioether (sulfide) groups is 1. The molecule has 0 atom stereocenters. The first-order valence-corrected chi connectivity index (χ1v) is 15.2. The number of carbonyl (C=O) groups is 1. The Bertz CT molecular complexity index is 1190. The largest absolute Gasteiger partial charge is 0.310 e. The van der Waals surface area contributed by atoms with Crippen molar-refractivity contribution in [2.24, 2.45) is 0 Å². The standard InChI is InChI=1S/C27H34N4OSSi/c1-18(2)34(19(3)4,20(5)6)14-13-22-16-24(29-25(32)15-21-11-9-8-10-12-21)30-26-23(22)17-28-27(31-26)33-7/h8-12,16-20H,15H2,1-7H3,(H,28,29,30,31,32). The number of anilines is 1. The number of fused-ring (bicyclic) bond motifs is 1. The third kappa shape index (κ3) is 5.68. The molecular weight excluding hydrogens is 456 g/mol. The topological polar surface area (TPSA) is 67.8 Å². The number of hydrogen-bond donors (Lipinski definition) is 1. The van der Waals surface area contributed by atoms with Crippen LogP contribution in [0, 0.1) is 11.5 Å². The number of nitrogens with zero attached hydrogens (tertiary/aromatic N) is 3. The van der Waals surface area contributed by atoms with Gasteiger partial charge in [-0.3, -0.25) is 4.79 Å². The Labute approximate surface area is 208 Å². The number of benzene rings is 1. The molecule has 0 unspecified atom stereocenters. The maximum atomic E-state index is 12.7. The number of amides is 1. The molecule has 1 N–H and O–H groups in total. The van der Waals surface area contributed by atoms with Crippen molar-refractivity contribution in [3.8, 4) is 11.5 Å². The van der Waals surface area contributed by atoms with Gasteiger partial charge in [0, 0.05) is 11.8 Å². The van der Waals surface area contributed by atoms with Crippen LogP contribution in [0.4, 0.5) is 5.82 Å². The fourth-order valence-electron chi connectivity index (χ4n) is 4.84. The van der Waals surface area contributed by atoms with Gasteiger partial charge in [0.15, 0.2) is 10.8 Å². The van der Waals surface area contributed by atoms with Crippen LogP contribution in [0.5, 0.6) is 0 Å². The Hall–Kier alpha value is -2.69. The number of hydrogen-bond acceptors (Lipinski definition) is 5. The molecule has 0 saturated carbocycles. The molecule has 1 amide bonds. The molecule has 0 aliphatic heterocycles. The van der Waals surface area contributed by atoms with E-state index in [2.05, 4.69) is 73.3 Å². The lowest BCUT2D eigenvalue weighted by molar-refractivity contribution is -0.115. The van der Waals surface area contributed by atoms with Gasteiger partial charge in [0.2, 0.25) is 5.91 Å². The van der Waals surface area contributed by atoms with Gasteiger partial charge in [-0.25, -0.2) is 15.0 Å². The average molecular weight is 491 g/mol. The highest BCUT2D eigenvalue weighted by Gasteiger charge is 2.41. The molecule has 0 spiro atoms. The van der Waals surface area contributed by atoms with E-state index in [1.165, 1.54) is 11.8 Å². The van der Waals surface area contributed by atoms with E-state index in [1.54, 1.807) is 6.20 Å². The Morgan fingerprint density at radius 1 is 1.03 bits per heavy atom. The van der Waals surface area contributed by atoms with Crippen molar-refractivity contribution < 1.29 is 4.79 Å². The Morgan fingerprint density at radius 2 is 1.68 bits per heavy atom. The number of carbonyl (C=O) groups excluding carboxylic acids is 1. The Kier molecular flexibility index (Phi) is 8.50. The number of rotatable bonds is 7. The normalized spacial score (nSPS) is 11.7. The molecule has 34 heavy (non-hydrogen) atoms. The maximum absolute atomic E-state index is 12.7. The summed E-state index contributed by atoms with van der Waals surface area (Å²) in [5, 5.41) is 4.40. The lowest BCUT2D eigenvalue weighted by Gasteiger charge is -2.38. The summed E-state index contributed by atoms with van der Waals surface area (Å²) in [6.07, 6.45) is 4.01. The van der Waals surface area contributed by atoms with Crippen molar-refractivity contribution in [1.82, 2.24) is 15.0 Å². The van der Waals surface area contributed by atoms with Gasteiger partial charge in [0.05, 0.1) is 11.8 Å². The molecular formula is C27H34N4OSSi. The zero-order valence-electron chi connectivity index (χ0n) is 21.1. The number of nitrogens with one attached hydrogen (secondary N) is 1. The second-order valence-corrected chi connectivity index (χ2v) is 15.9. The summed E-state index contributed by atoms with van der Waals surface area (Å²) in [5.41, 5.74) is 7.67. The third-order valence-corrected chi connectivity index (χ3v) is 13.3. The maximum Gasteiger partial charge on any atom is 0.229 e. The zero-order valence-corrected chi connectivity index (χ0v) is 23.0. The molecule has 0 aliphatic rings. The van der Waals surface area contributed by atoms with E-state index in [9.17, 15) is 4.79 Å². The van der Waals surface area contributed by atoms with E-state index in [0.29, 0.717) is 33.2 Å². The molecule has 2 aromatic heterocycles. The van der Waals surface area contributed by atoms with Crippen molar-refractivity contribution >= 4 is 42.6 Å². The van der Waals surface area contributed by atoms with E-state index in [4.69, 9.17) is 0 Å². The molecule has 2 heterocycles. The molecule has 3 rings (SSSR count). The molecule has 0 bridgehead atoms. The van der Waals surface area contributed by atoms with Gasteiger partial charge in [0.1, 0.15) is 13.9 Å². The highest BCUT2D eigenvalue weighted by atomic mass is 32.2. The van der Waals surface area contributed by atoms with Crippen LogP contribution in [0.25, 0.3) is 11.0 Å². The van der Waals surface area contributed by atoms with Crippen molar-refractivity contribution in [3.05, 3.63) is 53.7 Å². The summed E-state index contributed by atoms with van der Waals surface area (Å²) in [6, 6.07) is 11.5. The third-order valence-electron chi connectivity index (χ3n) is 6.48. The average Bonchev–Trinajstić information content (AvgIpc) is 2.78. The molecule has 0 radical (unpaired) electrons. The fraction of sp³-hybridized carbons (Fsp3) is 0.407. The Balaban J connectivity index is 2.07. The second kappa shape index (κ2) is 11.2.